The fraction of sp³-hybridized carbons (Fsp3) is 0.263. The molecule has 6 nitrogen and oxygen atoms in total. The van der Waals surface area contributed by atoms with Crippen LogP contribution in [-0.4, -0.2) is 24.1 Å². The molecule has 1 fully saturated rings. The summed E-state index contributed by atoms with van der Waals surface area (Å²) in [6.07, 6.45) is 2.37. The Balaban J connectivity index is 1.69. The van der Waals surface area contributed by atoms with Gasteiger partial charge in [0.05, 0.1) is 5.39 Å². The maximum absolute atomic E-state index is 5.81. The highest BCUT2D eigenvalue weighted by atomic mass is 16.5. The number of hydrogen-bond acceptors (Lipinski definition) is 5. The number of aromatic nitrogens is 1. The van der Waals surface area contributed by atoms with Crippen LogP contribution in [-0.2, 0) is 0 Å². The fourth-order valence-electron chi connectivity index (χ4n) is 3.45. The summed E-state index contributed by atoms with van der Waals surface area (Å²) in [6, 6.07) is 14.2. The molecule has 6 heteroatoms. The largest absolute Gasteiger partial charge is 0.382 e. The highest BCUT2D eigenvalue weighted by molar-refractivity contribution is 6.02. The third kappa shape index (κ3) is 2.96. The van der Waals surface area contributed by atoms with Crippen molar-refractivity contribution in [1.82, 2.24) is 10.5 Å². The summed E-state index contributed by atoms with van der Waals surface area (Å²) in [6.45, 7) is 2.18. The molecule has 128 valence electrons. The van der Waals surface area contributed by atoms with Gasteiger partial charge in [0, 0.05) is 11.1 Å². The molecule has 0 unspecified atom stereocenters. The molecule has 0 saturated carbocycles. The zero-order valence-corrected chi connectivity index (χ0v) is 13.9. The first kappa shape index (κ1) is 15.7. The van der Waals surface area contributed by atoms with E-state index in [0.29, 0.717) is 5.92 Å². The van der Waals surface area contributed by atoms with Crippen LogP contribution in [0.4, 0.5) is 0 Å². The second-order valence-corrected chi connectivity index (χ2v) is 6.40. The average Bonchev–Trinajstić information content (AvgIpc) is 3.11. The molecular formula is C19H21N5O. The molecule has 1 aromatic heterocycles. The minimum Gasteiger partial charge on any atom is -0.382 e. The standard InChI is InChI=1S/C19H21N5O/c20-19(23-21)15-5-6-17-16(11-15)18(25-24-17)14-3-1-12(2-4-14)13-7-9-22-10-8-13/h1-6,11,13,22H,7-10,21H2,(H2,20,23). The summed E-state index contributed by atoms with van der Waals surface area (Å²) in [5.74, 6) is 6.93. The van der Waals surface area contributed by atoms with Crippen LogP contribution in [0.15, 0.2) is 52.1 Å². The molecule has 25 heavy (non-hydrogen) atoms. The molecule has 0 radical (unpaired) electrons. The van der Waals surface area contributed by atoms with Gasteiger partial charge < -0.3 is 21.4 Å². The Bertz CT molecular complexity index is 907. The van der Waals surface area contributed by atoms with Crippen LogP contribution in [0.1, 0.15) is 29.9 Å². The maximum Gasteiger partial charge on any atom is 0.174 e. The van der Waals surface area contributed by atoms with Gasteiger partial charge in [0.25, 0.3) is 0 Å². The van der Waals surface area contributed by atoms with E-state index in [1.54, 1.807) is 0 Å². The molecule has 0 bridgehead atoms. The van der Waals surface area contributed by atoms with Gasteiger partial charge in [0.2, 0.25) is 0 Å². The smallest absolute Gasteiger partial charge is 0.174 e. The topological polar surface area (TPSA) is 102 Å². The lowest BCUT2D eigenvalue weighted by Crippen LogP contribution is -2.26. The third-order valence-corrected chi connectivity index (χ3v) is 4.89. The Kier molecular flexibility index (Phi) is 4.11. The van der Waals surface area contributed by atoms with Crippen LogP contribution in [0.5, 0.6) is 0 Å². The highest BCUT2D eigenvalue weighted by Gasteiger charge is 2.16. The van der Waals surface area contributed by atoms with Crippen LogP contribution in [0.3, 0.4) is 0 Å². The van der Waals surface area contributed by atoms with E-state index in [0.717, 1.165) is 40.9 Å². The van der Waals surface area contributed by atoms with E-state index in [-0.39, 0.29) is 5.84 Å². The molecule has 0 atom stereocenters. The Morgan fingerprint density at radius 3 is 2.60 bits per heavy atom. The summed E-state index contributed by atoms with van der Waals surface area (Å²) >= 11 is 0. The van der Waals surface area contributed by atoms with Gasteiger partial charge in [0.15, 0.2) is 5.76 Å². The number of nitrogens with one attached hydrogen (secondary N) is 1. The van der Waals surface area contributed by atoms with Crippen molar-refractivity contribution in [2.75, 3.05) is 13.1 Å². The number of benzene rings is 2. The minimum atomic E-state index is 0.287. The Labute approximate surface area is 145 Å². The van der Waals surface area contributed by atoms with Gasteiger partial charge >= 0.3 is 0 Å². The predicted octanol–water partition coefficient (Wildman–Crippen LogP) is 2.54. The van der Waals surface area contributed by atoms with Gasteiger partial charge in [0.1, 0.15) is 11.4 Å². The van der Waals surface area contributed by atoms with Crippen LogP contribution in [0, 0.1) is 0 Å². The van der Waals surface area contributed by atoms with E-state index >= 15 is 0 Å². The number of fused-ring (bicyclic) bond motifs is 1. The first-order valence-electron chi connectivity index (χ1n) is 8.50. The van der Waals surface area contributed by atoms with Crippen molar-refractivity contribution in [1.29, 1.82) is 0 Å². The molecule has 1 aliphatic heterocycles. The van der Waals surface area contributed by atoms with Crippen molar-refractivity contribution < 1.29 is 4.52 Å². The monoisotopic (exact) mass is 335 g/mol. The molecule has 1 saturated heterocycles. The second kappa shape index (κ2) is 6.57. The predicted molar refractivity (Wildman–Crippen MR) is 99.2 cm³/mol. The maximum atomic E-state index is 5.81. The van der Waals surface area contributed by atoms with Crippen molar-refractivity contribution in [3.05, 3.63) is 53.6 Å². The number of hydrogen-bond donors (Lipinski definition) is 3. The molecule has 4 rings (SSSR count). The molecule has 0 spiro atoms. The second-order valence-electron chi connectivity index (χ2n) is 6.40. The molecule has 1 aliphatic rings. The Morgan fingerprint density at radius 1 is 1.12 bits per heavy atom. The Morgan fingerprint density at radius 2 is 1.88 bits per heavy atom. The van der Waals surface area contributed by atoms with Gasteiger partial charge in [-0.2, -0.15) is 5.10 Å². The normalized spacial score (nSPS) is 16.4. The van der Waals surface area contributed by atoms with Crippen LogP contribution in [0.2, 0.25) is 0 Å². The summed E-state index contributed by atoms with van der Waals surface area (Å²) in [5.41, 5.74) is 9.74. The van der Waals surface area contributed by atoms with Gasteiger partial charge in [-0.3, -0.25) is 0 Å². The van der Waals surface area contributed by atoms with E-state index in [2.05, 4.69) is 39.8 Å². The van der Waals surface area contributed by atoms with E-state index in [1.165, 1.54) is 18.4 Å². The number of rotatable bonds is 3. The summed E-state index contributed by atoms with van der Waals surface area (Å²) in [4.78, 5) is 0. The van der Waals surface area contributed by atoms with Gasteiger partial charge in [-0.05, 0) is 55.6 Å². The van der Waals surface area contributed by atoms with Crippen molar-refractivity contribution >= 4 is 16.7 Å². The van der Waals surface area contributed by atoms with Crippen LogP contribution < -0.4 is 16.9 Å². The zero-order chi connectivity index (χ0) is 17.2. The molecule has 0 amide bonds. The van der Waals surface area contributed by atoms with E-state index in [9.17, 15) is 0 Å². The van der Waals surface area contributed by atoms with E-state index < -0.39 is 0 Å². The lowest BCUT2D eigenvalue weighted by Gasteiger charge is -2.23. The van der Waals surface area contributed by atoms with Crippen LogP contribution in [0.25, 0.3) is 22.2 Å². The lowest BCUT2D eigenvalue weighted by atomic mass is 9.89. The van der Waals surface area contributed by atoms with Gasteiger partial charge in [-0.15, -0.1) is 0 Å². The summed E-state index contributed by atoms with van der Waals surface area (Å²) < 4.78 is 5.58. The Hall–Kier alpha value is -2.86. The molecule has 2 aromatic carbocycles. The first-order valence-corrected chi connectivity index (χ1v) is 8.50. The molecule has 5 N–H and O–H groups in total. The van der Waals surface area contributed by atoms with Crippen molar-refractivity contribution in [2.45, 2.75) is 18.8 Å². The van der Waals surface area contributed by atoms with Gasteiger partial charge in [-0.25, -0.2) is 0 Å². The van der Waals surface area contributed by atoms with Gasteiger partial charge in [-0.1, -0.05) is 29.4 Å². The summed E-state index contributed by atoms with van der Waals surface area (Å²) in [7, 11) is 0. The minimum absolute atomic E-state index is 0.287. The zero-order valence-electron chi connectivity index (χ0n) is 13.9. The number of piperidine rings is 1. The number of nitrogens with two attached hydrogens (primary N) is 2. The van der Waals surface area contributed by atoms with Crippen molar-refractivity contribution in [3.63, 3.8) is 0 Å². The van der Waals surface area contributed by atoms with E-state index in [4.69, 9.17) is 16.1 Å². The molecule has 3 aromatic rings. The van der Waals surface area contributed by atoms with E-state index in [1.807, 2.05) is 18.2 Å². The fourth-order valence-corrected chi connectivity index (χ4v) is 3.45. The summed E-state index contributed by atoms with van der Waals surface area (Å²) in [5, 5.41) is 12.0. The molecular weight excluding hydrogens is 314 g/mol. The number of hydrazone groups is 1. The third-order valence-electron chi connectivity index (χ3n) is 4.89. The molecule has 0 aliphatic carbocycles. The van der Waals surface area contributed by atoms with Crippen molar-refractivity contribution in [3.8, 4) is 11.3 Å². The van der Waals surface area contributed by atoms with Crippen LogP contribution >= 0.6 is 0 Å². The number of amidine groups is 1. The SMILES string of the molecule is N/N=C(\N)c1ccc2noc(-c3ccc(C4CCNCC4)cc3)c2c1. The number of nitrogens with zero attached hydrogens (tertiary/aromatic N) is 2. The molecule has 2 heterocycles. The highest BCUT2D eigenvalue weighted by Crippen LogP contribution is 2.32. The van der Waals surface area contributed by atoms with Crippen molar-refractivity contribution in [2.24, 2.45) is 16.7 Å². The first-order chi connectivity index (χ1) is 12.3. The average molecular weight is 335 g/mol. The lowest BCUT2D eigenvalue weighted by molar-refractivity contribution is 0.440. The quantitative estimate of drug-likeness (QED) is 0.295.